The van der Waals surface area contributed by atoms with Crippen molar-refractivity contribution in [3.05, 3.63) is 35.9 Å². The third kappa shape index (κ3) is 7.17. The monoisotopic (exact) mass is 233 g/mol. The fourth-order valence-corrected chi connectivity index (χ4v) is 2.06. The summed E-state index contributed by atoms with van der Waals surface area (Å²) in [7, 11) is 0. The zero-order chi connectivity index (χ0) is 12.3. The molecule has 0 aliphatic carbocycles. The molecule has 17 heavy (non-hydrogen) atoms. The van der Waals surface area contributed by atoms with Gasteiger partial charge in [-0.1, -0.05) is 50.1 Å². The Kier molecular flexibility index (Phi) is 7.74. The van der Waals surface area contributed by atoms with Crippen molar-refractivity contribution in [1.29, 1.82) is 0 Å². The van der Waals surface area contributed by atoms with E-state index in [2.05, 4.69) is 49.5 Å². The molecule has 0 saturated heterocycles. The number of hydrogen-bond donors (Lipinski definition) is 1. The molecule has 0 saturated carbocycles. The van der Waals surface area contributed by atoms with Crippen LogP contribution in [0.4, 0.5) is 0 Å². The number of hydrogen-bond acceptors (Lipinski definition) is 1. The minimum absolute atomic E-state index is 0.687. The molecule has 0 aromatic heterocycles. The lowest BCUT2D eigenvalue weighted by molar-refractivity contribution is 0.484. The summed E-state index contributed by atoms with van der Waals surface area (Å²) >= 11 is 0. The molecule has 1 unspecified atom stereocenters. The third-order valence-corrected chi connectivity index (χ3v) is 3.22. The second kappa shape index (κ2) is 9.23. The van der Waals surface area contributed by atoms with E-state index < -0.39 is 0 Å². The molecule has 0 aliphatic heterocycles. The van der Waals surface area contributed by atoms with E-state index in [0.29, 0.717) is 6.04 Å². The summed E-state index contributed by atoms with van der Waals surface area (Å²) in [6.07, 6.45) is 7.75. The fourth-order valence-electron chi connectivity index (χ4n) is 2.06. The van der Waals surface area contributed by atoms with Crippen molar-refractivity contribution in [2.75, 3.05) is 6.54 Å². The number of aryl methyl sites for hydroxylation is 1. The first-order valence-electron chi connectivity index (χ1n) is 7.10. The Bertz CT molecular complexity index is 268. The van der Waals surface area contributed by atoms with Gasteiger partial charge >= 0.3 is 0 Å². The molecule has 1 aromatic carbocycles. The van der Waals surface area contributed by atoms with Gasteiger partial charge in [-0.15, -0.1) is 0 Å². The van der Waals surface area contributed by atoms with Crippen LogP contribution in [-0.4, -0.2) is 12.6 Å². The van der Waals surface area contributed by atoms with E-state index in [0.717, 1.165) is 6.54 Å². The van der Waals surface area contributed by atoms with Crippen LogP contribution in [0.1, 0.15) is 51.5 Å². The van der Waals surface area contributed by atoms with E-state index in [4.69, 9.17) is 0 Å². The minimum Gasteiger partial charge on any atom is -0.314 e. The van der Waals surface area contributed by atoms with Crippen molar-refractivity contribution >= 4 is 0 Å². The lowest BCUT2D eigenvalue weighted by Gasteiger charge is -2.12. The number of rotatable bonds is 9. The molecular formula is C16H27N. The molecule has 1 atom stereocenters. The van der Waals surface area contributed by atoms with E-state index >= 15 is 0 Å². The van der Waals surface area contributed by atoms with Crippen LogP contribution in [0.25, 0.3) is 0 Å². The molecule has 0 heterocycles. The van der Waals surface area contributed by atoms with Crippen LogP contribution >= 0.6 is 0 Å². The van der Waals surface area contributed by atoms with E-state index in [-0.39, 0.29) is 0 Å². The highest BCUT2D eigenvalue weighted by atomic mass is 14.9. The molecule has 1 aromatic rings. The Morgan fingerprint density at radius 2 is 1.82 bits per heavy atom. The van der Waals surface area contributed by atoms with Crippen molar-refractivity contribution in [3.8, 4) is 0 Å². The van der Waals surface area contributed by atoms with Gasteiger partial charge in [0.25, 0.3) is 0 Å². The lowest BCUT2D eigenvalue weighted by Crippen LogP contribution is -2.26. The van der Waals surface area contributed by atoms with Gasteiger partial charge in [0, 0.05) is 6.04 Å². The Balaban J connectivity index is 1.97. The van der Waals surface area contributed by atoms with Gasteiger partial charge in [-0.25, -0.2) is 0 Å². The Hall–Kier alpha value is -0.820. The molecule has 0 fully saturated rings. The summed E-state index contributed by atoms with van der Waals surface area (Å²) in [5.41, 5.74) is 1.46. The molecule has 1 N–H and O–H groups in total. The summed E-state index contributed by atoms with van der Waals surface area (Å²) in [5.74, 6) is 0. The average Bonchev–Trinajstić information content (AvgIpc) is 2.37. The first-order chi connectivity index (χ1) is 8.33. The maximum atomic E-state index is 3.60. The molecule has 1 rings (SSSR count). The number of unbranched alkanes of at least 4 members (excludes halogenated alkanes) is 2. The standard InChI is InChI=1S/C16H27N/c1-3-4-10-15(2)17-14-9-8-13-16-11-6-5-7-12-16/h5-7,11-12,15,17H,3-4,8-10,13-14H2,1-2H3. The van der Waals surface area contributed by atoms with Crippen LogP contribution < -0.4 is 5.32 Å². The molecule has 0 spiro atoms. The number of nitrogens with one attached hydrogen (secondary N) is 1. The lowest BCUT2D eigenvalue weighted by atomic mass is 10.1. The Morgan fingerprint density at radius 1 is 1.06 bits per heavy atom. The van der Waals surface area contributed by atoms with Crippen LogP contribution in [0.15, 0.2) is 30.3 Å². The zero-order valence-electron chi connectivity index (χ0n) is 11.4. The minimum atomic E-state index is 0.687. The Morgan fingerprint density at radius 3 is 2.53 bits per heavy atom. The zero-order valence-corrected chi connectivity index (χ0v) is 11.4. The normalized spacial score (nSPS) is 12.6. The van der Waals surface area contributed by atoms with Crippen molar-refractivity contribution in [2.45, 2.75) is 58.4 Å². The summed E-state index contributed by atoms with van der Waals surface area (Å²) in [4.78, 5) is 0. The van der Waals surface area contributed by atoms with E-state index in [1.807, 2.05) is 0 Å². The molecule has 0 radical (unpaired) electrons. The van der Waals surface area contributed by atoms with Gasteiger partial charge in [0.1, 0.15) is 0 Å². The van der Waals surface area contributed by atoms with Gasteiger partial charge in [-0.3, -0.25) is 0 Å². The predicted molar refractivity (Wildman–Crippen MR) is 76.4 cm³/mol. The molecule has 0 bridgehead atoms. The molecular weight excluding hydrogens is 206 g/mol. The van der Waals surface area contributed by atoms with Crippen LogP contribution in [0, 0.1) is 0 Å². The van der Waals surface area contributed by atoms with Crippen molar-refractivity contribution in [1.82, 2.24) is 5.32 Å². The van der Waals surface area contributed by atoms with Crippen molar-refractivity contribution in [3.63, 3.8) is 0 Å². The molecule has 0 amide bonds. The highest BCUT2D eigenvalue weighted by Gasteiger charge is 1.99. The van der Waals surface area contributed by atoms with Gasteiger partial charge in [-0.2, -0.15) is 0 Å². The predicted octanol–water partition coefficient (Wildman–Crippen LogP) is 4.18. The van der Waals surface area contributed by atoms with E-state index in [9.17, 15) is 0 Å². The third-order valence-electron chi connectivity index (χ3n) is 3.22. The molecule has 1 nitrogen and oxygen atoms in total. The summed E-state index contributed by atoms with van der Waals surface area (Å²) in [6.45, 7) is 5.72. The molecule has 0 aliphatic rings. The topological polar surface area (TPSA) is 12.0 Å². The van der Waals surface area contributed by atoms with Crippen molar-refractivity contribution < 1.29 is 0 Å². The molecule has 1 heteroatoms. The van der Waals surface area contributed by atoms with Gasteiger partial charge in [0.05, 0.1) is 0 Å². The molecule has 96 valence electrons. The second-order valence-corrected chi connectivity index (χ2v) is 4.94. The van der Waals surface area contributed by atoms with Crippen LogP contribution in [0.2, 0.25) is 0 Å². The van der Waals surface area contributed by atoms with Crippen LogP contribution in [-0.2, 0) is 6.42 Å². The van der Waals surface area contributed by atoms with Crippen LogP contribution in [0.3, 0.4) is 0 Å². The van der Waals surface area contributed by atoms with E-state index in [1.54, 1.807) is 0 Å². The van der Waals surface area contributed by atoms with Crippen molar-refractivity contribution in [2.24, 2.45) is 0 Å². The summed E-state index contributed by atoms with van der Waals surface area (Å²) in [6, 6.07) is 11.5. The van der Waals surface area contributed by atoms with Gasteiger partial charge < -0.3 is 5.32 Å². The first kappa shape index (κ1) is 14.2. The number of benzene rings is 1. The smallest absolute Gasteiger partial charge is 0.00387 e. The quantitative estimate of drug-likeness (QED) is 0.631. The fraction of sp³-hybridized carbons (Fsp3) is 0.625. The van der Waals surface area contributed by atoms with Gasteiger partial charge in [0.2, 0.25) is 0 Å². The second-order valence-electron chi connectivity index (χ2n) is 4.94. The average molecular weight is 233 g/mol. The highest BCUT2D eigenvalue weighted by Crippen LogP contribution is 2.04. The first-order valence-corrected chi connectivity index (χ1v) is 7.10. The van der Waals surface area contributed by atoms with Crippen LogP contribution in [0.5, 0.6) is 0 Å². The largest absolute Gasteiger partial charge is 0.314 e. The summed E-state index contributed by atoms with van der Waals surface area (Å²) in [5, 5.41) is 3.60. The summed E-state index contributed by atoms with van der Waals surface area (Å²) < 4.78 is 0. The Labute approximate surface area is 107 Å². The van der Waals surface area contributed by atoms with E-state index in [1.165, 1.54) is 44.1 Å². The maximum Gasteiger partial charge on any atom is 0.00387 e. The van der Waals surface area contributed by atoms with Gasteiger partial charge in [0.15, 0.2) is 0 Å². The van der Waals surface area contributed by atoms with Gasteiger partial charge in [-0.05, 0) is 44.7 Å². The highest BCUT2D eigenvalue weighted by molar-refractivity contribution is 5.14. The SMILES string of the molecule is CCCCC(C)NCCCCc1ccccc1. The maximum absolute atomic E-state index is 3.60.